The number of hydrogen-bond acceptors (Lipinski definition) is 4. The van der Waals surface area contributed by atoms with E-state index < -0.39 is 0 Å². The fourth-order valence-corrected chi connectivity index (χ4v) is 4.12. The molecule has 2 heterocycles. The van der Waals surface area contributed by atoms with Crippen molar-refractivity contribution in [2.75, 3.05) is 25.0 Å². The van der Waals surface area contributed by atoms with Crippen molar-refractivity contribution in [3.8, 4) is 5.69 Å². The number of carbonyl (C=O) groups excluding carboxylic acids is 1. The van der Waals surface area contributed by atoms with Crippen molar-refractivity contribution in [3.05, 3.63) is 75.4 Å². The molecule has 0 spiro atoms. The van der Waals surface area contributed by atoms with Crippen LogP contribution in [0.2, 0.25) is 0 Å². The average molecular weight is 470 g/mol. The monoisotopic (exact) mass is 469 g/mol. The second kappa shape index (κ2) is 8.97. The minimum atomic E-state index is -0.132. The molecule has 1 fully saturated rings. The maximum absolute atomic E-state index is 12.6. The van der Waals surface area contributed by atoms with Gasteiger partial charge < -0.3 is 5.32 Å². The molecular formula is C22H24BrN5O2. The van der Waals surface area contributed by atoms with Crippen molar-refractivity contribution >= 4 is 27.5 Å². The van der Waals surface area contributed by atoms with Crippen LogP contribution in [-0.4, -0.2) is 44.8 Å². The zero-order valence-corrected chi connectivity index (χ0v) is 18.4. The molecule has 30 heavy (non-hydrogen) atoms. The van der Waals surface area contributed by atoms with Crippen molar-refractivity contribution in [3.63, 3.8) is 0 Å². The van der Waals surface area contributed by atoms with Crippen molar-refractivity contribution < 1.29 is 4.79 Å². The Balaban J connectivity index is 1.39. The van der Waals surface area contributed by atoms with Gasteiger partial charge in [-0.05, 0) is 62.3 Å². The van der Waals surface area contributed by atoms with Crippen LogP contribution in [-0.2, 0) is 11.8 Å². The first-order valence-electron chi connectivity index (χ1n) is 10.0. The van der Waals surface area contributed by atoms with E-state index in [0.29, 0.717) is 6.54 Å². The highest BCUT2D eigenvalue weighted by molar-refractivity contribution is 9.10. The number of para-hydroxylation sites is 1. The Morgan fingerprint density at radius 2 is 1.77 bits per heavy atom. The first-order valence-corrected chi connectivity index (χ1v) is 10.8. The lowest BCUT2D eigenvalue weighted by Gasteiger charge is -2.31. The van der Waals surface area contributed by atoms with E-state index in [2.05, 4.69) is 31.2 Å². The highest BCUT2D eigenvalue weighted by Crippen LogP contribution is 2.27. The SMILES string of the molecule is Cn1nc(C2CCN(CC(=O)Nc3ccc(Br)cc3)CC2)n(-c2ccccc2)c1=O. The van der Waals surface area contributed by atoms with E-state index in [1.54, 1.807) is 11.6 Å². The summed E-state index contributed by atoms with van der Waals surface area (Å²) >= 11 is 3.39. The van der Waals surface area contributed by atoms with Crippen LogP contribution in [0.5, 0.6) is 0 Å². The average Bonchev–Trinajstić information content (AvgIpc) is 3.05. The van der Waals surface area contributed by atoms with Gasteiger partial charge in [0.1, 0.15) is 5.82 Å². The molecule has 1 saturated heterocycles. The van der Waals surface area contributed by atoms with Gasteiger partial charge in [-0.25, -0.2) is 14.0 Å². The lowest BCUT2D eigenvalue weighted by atomic mass is 9.95. The van der Waals surface area contributed by atoms with Crippen LogP contribution < -0.4 is 11.0 Å². The van der Waals surface area contributed by atoms with Gasteiger partial charge >= 0.3 is 5.69 Å². The van der Waals surface area contributed by atoms with E-state index in [1.807, 2.05) is 54.6 Å². The highest BCUT2D eigenvalue weighted by Gasteiger charge is 2.27. The van der Waals surface area contributed by atoms with Gasteiger partial charge in [0.2, 0.25) is 5.91 Å². The van der Waals surface area contributed by atoms with E-state index in [1.165, 1.54) is 4.68 Å². The second-order valence-corrected chi connectivity index (χ2v) is 8.46. The van der Waals surface area contributed by atoms with Crippen LogP contribution in [0.1, 0.15) is 24.6 Å². The first kappa shape index (κ1) is 20.6. The fourth-order valence-electron chi connectivity index (χ4n) is 3.85. The normalized spacial score (nSPS) is 15.3. The number of halogens is 1. The zero-order valence-electron chi connectivity index (χ0n) is 16.8. The third-order valence-electron chi connectivity index (χ3n) is 5.41. The number of hydrogen-bond donors (Lipinski definition) is 1. The molecule has 1 N–H and O–H groups in total. The third kappa shape index (κ3) is 4.55. The number of aryl methyl sites for hydroxylation is 1. The number of nitrogens with one attached hydrogen (secondary N) is 1. The predicted molar refractivity (Wildman–Crippen MR) is 120 cm³/mol. The summed E-state index contributed by atoms with van der Waals surface area (Å²) in [5.74, 6) is 0.965. The largest absolute Gasteiger partial charge is 0.350 e. The van der Waals surface area contributed by atoms with E-state index >= 15 is 0 Å². The Hall–Kier alpha value is -2.71. The Morgan fingerprint density at radius 3 is 2.43 bits per heavy atom. The van der Waals surface area contributed by atoms with Crippen LogP contribution in [0.25, 0.3) is 5.69 Å². The van der Waals surface area contributed by atoms with Gasteiger partial charge in [-0.1, -0.05) is 34.1 Å². The molecule has 4 rings (SSSR count). The Morgan fingerprint density at radius 1 is 1.10 bits per heavy atom. The lowest BCUT2D eigenvalue weighted by molar-refractivity contribution is -0.117. The van der Waals surface area contributed by atoms with Gasteiger partial charge in [0, 0.05) is 23.1 Å². The fraction of sp³-hybridized carbons (Fsp3) is 0.318. The van der Waals surface area contributed by atoms with Crippen molar-refractivity contribution in [1.82, 2.24) is 19.2 Å². The molecule has 1 aromatic heterocycles. The standard InChI is InChI=1S/C22H24BrN5O2/c1-26-22(30)28(19-5-3-2-4-6-19)21(25-26)16-11-13-27(14-12-16)15-20(29)24-18-9-7-17(23)8-10-18/h2-10,16H,11-15H2,1H3,(H,24,29). The number of anilines is 1. The number of amides is 1. The van der Waals surface area contributed by atoms with E-state index in [9.17, 15) is 9.59 Å². The van der Waals surface area contributed by atoms with Crippen LogP contribution in [0.4, 0.5) is 5.69 Å². The number of rotatable bonds is 5. The molecule has 1 aliphatic rings. The first-order chi connectivity index (χ1) is 14.5. The van der Waals surface area contributed by atoms with Gasteiger partial charge in [0.25, 0.3) is 0 Å². The maximum Gasteiger partial charge on any atom is 0.350 e. The van der Waals surface area contributed by atoms with E-state index in [4.69, 9.17) is 0 Å². The zero-order chi connectivity index (χ0) is 21.1. The van der Waals surface area contributed by atoms with Gasteiger partial charge in [-0.2, -0.15) is 5.10 Å². The molecule has 156 valence electrons. The summed E-state index contributed by atoms with van der Waals surface area (Å²) in [5, 5.41) is 7.46. The van der Waals surface area contributed by atoms with E-state index in [-0.39, 0.29) is 17.5 Å². The van der Waals surface area contributed by atoms with Crippen molar-refractivity contribution in [1.29, 1.82) is 0 Å². The number of nitrogens with zero attached hydrogens (tertiary/aromatic N) is 4. The molecular weight excluding hydrogens is 446 g/mol. The quantitative estimate of drug-likeness (QED) is 0.622. The molecule has 1 aliphatic heterocycles. The molecule has 1 amide bonds. The number of likely N-dealkylation sites (tertiary alicyclic amines) is 1. The second-order valence-electron chi connectivity index (χ2n) is 7.54. The summed E-state index contributed by atoms with van der Waals surface area (Å²) in [7, 11) is 1.69. The third-order valence-corrected chi connectivity index (χ3v) is 5.94. The number of piperidine rings is 1. The van der Waals surface area contributed by atoms with Crippen molar-refractivity contribution in [2.24, 2.45) is 7.05 Å². The number of benzene rings is 2. The van der Waals surface area contributed by atoms with Crippen LogP contribution in [0.3, 0.4) is 0 Å². The molecule has 0 aliphatic carbocycles. The minimum absolute atomic E-state index is 0.0187. The molecule has 0 unspecified atom stereocenters. The maximum atomic E-state index is 12.6. The topological polar surface area (TPSA) is 72.2 Å². The smallest absolute Gasteiger partial charge is 0.325 e. The van der Waals surface area contributed by atoms with E-state index in [0.717, 1.165) is 47.6 Å². The van der Waals surface area contributed by atoms with Crippen LogP contribution in [0.15, 0.2) is 63.9 Å². The molecule has 0 saturated carbocycles. The van der Waals surface area contributed by atoms with Gasteiger partial charge in [-0.15, -0.1) is 0 Å². The summed E-state index contributed by atoms with van der Waals surface area (Å²) in [6.45, 7) is 1.94. The Labute approximate surface area is 183 Å². The summed E-state index contributed by atoms with van der Waals surface area (Å²) < 4.78 is 4.09. The number of aromatic nitrogens is 3. The molecule has 2 aromatic carbocycles. The predicted octanol–water partition coefficient (Wildman–Crippen LogP) is 3.15. The van der Waals surface area contributed by atoms with Crippen LogP contribution >= 0.6 is 15.9 Å². The molecule has 0 bridgehead atoms. The van der Waals surface area contributed by atoms with Crippen molar-refractivity contribution in [2.45, 2.75) is 18.8 Å². The number of carbonyl (C=O) groups is 1. The lowest BCUT2D eigenvalue weighted by Crippen LogP contribution is -2.39. The summed E-state index contributed by atoms with van der Waals surface area (Å²) in [6, 6.07) is 17.2. The van der Waals surface area contributed by atoms with Gasteiger partial charge in [0.05, 0.1) is 12.2 Å². The molecule has 7 nitrogen and oxygen atoms in total. The Kier molecular flexibility index (Phi) is 6.15. The summed E-state index contributed by atoms with van der Waals surface area (Å²) in [5.41, 5.74) is 1.49. The van der Waals surface area contributed by atoms with Crippen LogP contribution in [0, 0.1) is 0 Å². The summed E-state index contributed by atoms with van der Waals surface area (Å²) in [4.78, 5) is 27.2. The Bertz CT molecular complexity index is 1070. The highest BCUT2D eigenvalue weighted by atomic mass is 79.9. The van der Waals surface area contributed by atoms with Gasteiger partial charge in [-0.3, -0.25) is 9.69 Å². The molecule has 0 radical (unpaired) electrons. The minimum Gasteiger partial charge on any atom is -0.325 e. The summed E-state index contributed by atoms with van der Waals surface area (Å²) in [6.07, 6.45) is 1.71. The molecule has 8 heteroatoms. The molecule has 0 atom stereocenters. The molecule has 3 aromatic rings. The van der Waals surface area contributed by atoms with Gasteiger partial charge in [0.15, 0.2) is 0 Å².